The molecule has 0 aliphatic rings. The topological polar surface area (TPSA) is 122 Å². The molecule has 0 fully saturated rings. The van der Waals surface area contributed by atoms with Gasteiger partial charge >= 0.3 is 5.69 Å². The first kappa shape index (κ1) is 21.2. The highest BCUT2D eigenvalue weighted by atomic mass is 35.5. The number of rotatable bonds is 6. The molecule has 0 unspecified atom stereocenters. The zero-order valence-corrected chi connectivity index (χ0v) is 17.2. The van der Waals surface area contributed by atoms with Crippen molar-refractivity contribution < 1.29 is 9.72 Å². The van der Waals surface area contributed by atoms with Gasteiger partial charge in [0.25, 0.3) is 11.2 Å². The molecule has 0 aliphatic carbocycles. The van der Waals surface area contributed by atoms with Crippen molar-refractivity contribution in [2.75, 3.05) is 0 Å². The first-order chi connectivity index (χ1) is 14.1. The number of ketones is 1. The van der Waals surface area contributed by atoms with Crippen LogP contribution in [0.15, 0.2) is 45.5 Å². The Labute approximate surface area is 174 Å². The molecule has 0 bridgehead atoms. The number of aryl methyl sites for hydroxylation is 1. The Balaban J connectivity index is 2.13. The van der Waals surface area contributed by atoms with Crippen molar-refractivity contribution in [2.24, 2.45) is 7.05 Å². The number of nitrogens with zero attached hydrogens (tertiary/aromatic N) is 5. The van der Waals surface area contributed by atoms with E-state index in [1.165, 1.54) is 29.8 Å². The molecule has 11 heteroatoms. The molecule has 0 saturated heterocycles. The molecule has 30 heavy (non-hydrogen) atoms. The van der Waals surface area contributed by atoms with E-state index in [0.29, 0.717) is 0 Å². The average Bonchev–Trinajstić information content (AvgIpc) is 3.04. The van der Waals surface area contributed by atoms with E-state index >= 15 is 0 Å². The number of aromatic nitrogens is 4. The largest absolute Gasteiger partial charge is 0.332 e. The predicted molar refractivity (Wildman–Crippen MR) is 111 cm³/mol. The normalized spacial score (nSPS) is 10.9. The minimum Gasteiger partial charge on any atom is -0.305 e. The van der Waals surface area contributed by atoms with Crippen LogP contribution < -0.4 is 11.2 Å². The van der Waals surface area contributed by atoms with Gasteiger partial charge in [0.2, 0.25) is 5.28 Å². The second-order valence-electron chi connectivity index (χ2n) is 6.91. The van der Waals surface area contributed by atoms with Crippen LogP contribution in [0.1, 0.15) is 24.2 Å². The number of hydrogen-bond acceptors (Lipinski definition) is 6. The maximum atomic E-state index is 13.1. The number of nitro groups is 1. The molecular weight excluding hydrogens is 414 g/mol. The van der Waals surface area contributed by atoms with E-state index < -0.39 is 28.5 Å². The molecule has 156 valence electrons. The van der Waals surface area contributed by atoms with Crippen LogP contribution >= 0.6 is 11.6 Å². The Bertz CT molecular complexity index is 1330. The molecule has 1 aromatic carbocycles. The fraction of sp³-hybridized carbons (Fsp3) is 0.263. The van der Waals surface area contributed by atoms with Crippen LogP contribution in [0.5, 0.6) is 0 Å². The number of benzene rings is 1. The second-order valence-corrected chi connectivity index (χ2v) is 7.25. The summed E-state index contributed by atoms with van der Waals surface area (Å²) in [5.41, 5.74) is -0.498. The molecule has 0 saturated carbocycles. The molecule has 0 spiro atoms. The van der Waals surface area contributed by atoms with Crippen molar-refractivity contribution in [2.45, 2.75) is 26.9 Å². The molecule has 0 atom stereocenters. The Morgan fingerprint density at radius 3 is 2.60 bits per heavy atom. The summed E-state index contributed by atoms with van der Waals surface area (Å²) in [7, 11) is 1.42. The van der Waals surface area contributed by atoms with E-state index in [4.69, 9.17) is 11.6 Å². The first-order valence-corrected chi connectivity index (χ1v) is 9.26. The van der Waals surface area contributed by atoms with Gasteiger partial charge in [-0.05, 0) is 25.4 Å². The zero-order valence-electron chi connectivity index (χ0n) is 16.5. The number of halogens is 1. The molecule has 0 amide bonds. The number of carbonyl (C=O) groups is 1. The van der Waals surface area contributed by atoms with Gasteiger partial charge in [0.15, 0.2) is 16.9 Å². The number of carbonyl (C=O) groups excluding carboxylic acids is 1. The fourth-order valence-electron chi connectivity index (χ4n) is 2.95. The van der Waals surface area contributed by atoms with E-state index in [-0.39, 0.29) is 34.2 Å². The van der Waals surface area contributed by atoms with Gasteiger partial charge in [0.05, 0.1) is 11.5 Å². The van der Waals surface area contributed by atoms with Crippen molar-refractivity contribution in [3.05, 3.63) is 77.7 Å². The minimum atomic E-state index is -0.741. The third kappa shape index (κ3) is 3.81. The number of Topliss-reactive ketones (excluding diaryl/α,β-unsaturated/α-hetero) is 1. The summed E-state index contributed by atoms with van der Waals surface area (Å²) in [6.45, 7) is 3.47. The van der Waals surface area contributed by atoms with Gasteiger partial charge in [-0.15, -0.1) is 0 Å². The summed E-state index contributed by atoms with van der Waals surface area (Å²) in [5, 5.41) is 11.0. The van der Waals surface area contributed by atoms with Gasteiger partial charge in [-0.1, -0.05) is 23.8 Å². The smallest absolute Gasteiger partial charge is 0.305 e. The lowest BCUT2D eigenvalue weighted by Crippen LogP contribution is -2.41. The second kappa shape index (κ2) is 8.07. The van der Waals surface area contributed by atoms with Crippen LogP contribution in [0.2, 0.25) is 5.28 Å². The monoisotopic (exact) mass is 431 g/mol. The molecular formula is C19H18ClN5O5. The van der Waals surface area contributed by atoms with Gasteiger partial charge in [-0.3, -0.25) is 28.8 Å². The minimum absolute atomic E-state index is 0.0225. The number of nitro benzene ring substituents is 1. The Morgan fingerprint density at radius 2 is 1.97 bits per heavy atom. The average molecular weight is 432 g/mol. The maximum absolute atomic E-state index is 13.1. The summed E-state index contributed by atoms with van der Waals surface area (Å²) in [5.74, 6) is -0.612. The van der Waals surface area contributed by atoms with Gasteiger partial charge in [0.1, 0.15) is 0 Å². The van der Waals surface area contributed by atoms with Gasteiger partial charge < -0.3 is 4.57 Å². The summed E-state index contributed by atoms with van der Waals surface area (Å²) in [6.07, 6.45) is 1.84. The van der Waals surface area contributed by atoms with E-state index in [1.54, 1.807) is 0 Å². The van der Waals surface area contributed by atoms with Crippen LogP contribution in [-0.4, -0.2) is 29.4 Å². The summed E-state index contributed by atoms with van der Waals surface area (Å²) in [4.78, 5) is 52.8. The highest BCUT2D eigenvalue weighted by Gasteiger charge is 2.21. The molecule has 3 aromatic rings. The molecule has 3 rings (SSSR count). The lowest BCUT2D eigenvalue weighted by molar-refractivity contribution is -0.384. The van der Waals surface area contributed by atoms with Crippen molar-refractivity contribution in [3.63, 3.8) is 0 Å². The number of allylic oxidation sites excluding steroid dienone is 2. The Morgan fingerprint density at radius 1 is 1.27 bits per heavy atom. The summed E-state index contributed by atoms with van der Waals surface area (Å²) in [6, 6.07) is 5.10. The van der Waals surface area contributed by atoms with Crippen LogP contribution in [0.4, 0.5) is 5.69 Å². The highest BCUT2D eigenvalue weighted by molar-refractivity contribution is 6.29. The van der Waals surface area contributed by atoms with E-state index in [1.807, 2.05) is 19.9 Å². The number of imidazole rings is 1. The Hall–Kier alpha value is -3.53. The lowest BCUT2D eigenvalue weighted by atomic mass is 10.1. The number of hydrogen-bond donors (Lipinski definition) is 0. The van der Waals surface area contributed by atoms with Crippen LogP contribution in [0.3, 0.4) is 0 Å². The van der Waals surface area contributed by atoms with Crippen LogP contribution in [0.25, 0.3) is 11.2 Å². The summed E-state index contributed by atoms with van der Waals surface area (Å²) >= 11 is 6.18. The van der Waals surface area contributed by atoms with Crippen molar-refractivity contribution in [3.8, 4) is 0 Å². The quantitative estimate of drug-likeness (QED) is 0.194. The molecule has 0 radical (unpaired) electrons. The number of non-ortho nitro benzene ring substituents is 1. The van der Waals surface area contributed by atoms with E-state index in [2.05, 4.69) is 4.98 Å². The molecule has 0 N–H and O–H groups in total. The highest BCUT2D eigenvalue weighted by Crippen LogP contribution is 2.17. The molecule has 0 aliphatic heterocycles. The van der Waals surface area contributed by atoms with Crippen LogP contribution in [0, 0.1) is 10.1 Å². The van der Waals surface area contributed by atoms with E-state index in [0.717, 1.165) is 20.8 Å². The third-order valence-electron chi connectivity index (χ3n) is 4.55. The van der Waals surface area contributed by atoms with Crippen molar-refractivity contribution in [1.82, 2.24) is 18.7 Å². The fourth-order valence-corrected chi connectivity index (χ4v) is 3.19. The van der Waals surface area contributed by atoms with Gasteiger partial charge in [0, 0.05) is 31.3 Å². The number of fused-ring (bicyclic) bond motifs is 1. The standard InChI is InChI=1S/C19H18ClN5O5/c1-11(2)7-8-23-15-16(21-18(23)20)22(3)19(28)24(17(15)27)10-14(26)12-5-4-6-13(9-12)25(29)30/h4-7,9H,8,10H2,1-3H3. The van der Waals surface area contributed by atoms with E-state index in [9.17, 15) is 24.5 Å². The third-order valence-corrected chi connectivity index (χ3v) is 4.84. The SMILES string of the molecule is CC(C)=CCn1c(Cl)nc2c1c(=O)n(CC(=O)c1cccc([N+](=O)[O-])c1)c(=O)n2C. The lowest BCUT2D eigenvalue weighted by Gasteiger charge is -2.09. The van der Waals surface area contributed by atoms with Crippen molar-refractivity contribution in [1.29, 1.82) is 0 Å². The Kier molecular flexibility index (Phi) is 5.70. The predicted octanol–water partition coefficient (Wildman–Crippen LogP) is 2.31. The summed E-state index contributed by atoms with van der Waals surface area (Å²) < 4.78 is 3.38. The molecule has 10 nitrogen and oxygen atoms in total. The molecule has 2 heterocycles. The first-order valence-electron chi connectivity index (χ1n) is 8.88. The van der Waals surface area contributed by atoms with Crippen molar-refractivity contribution >= 4 is 34.2 Å². The van der Waals surface area contributed by atoms with Gasteiger partial charge in [-0.25, -0.2) is 4.79 Å². The zero-order chi connectivity index (χ0) is 22.2. The molecule has 2 aromatic heterocycles. The van der Waals surface area contributed by atoms with Crippen LogP contribution in [-0.2, 0) is 20.1 Å². The maximum Gasteiger partial charge on any atom is 0.332 e. The van der Waals surface area contributed by atoms with Gasteiger partial charge in [-0.2, -0.15) is 4.98 Å².